The third-order valence-corrected chi connectivity index (χ3v) is 9.24. The highest BCUT2D eigenvalue weighted by atomic mass is 32.2. The first-order valence-electron chi connectivity index (χ1n) is 13.5. The number of carbonyl (C=O) groups is 1. The smallest absolute Gasteiger partial charge is 0.241 e. The number of carbonyl (C=O) groups excluding carboxylic acids is 1. The molecule has 0 radical (unpaired) electrons. The Hall–Kier alpha value is -3.12. The van der Waals surface area contributed by atoms with Crippen molar-refractivity contribution in [2.24, 2.45) is 5.73 Å². The standard InChI is InChI=1S/C28H37N7O3S/c1-20-6-9-24(10-7-20)39(37,38)31-26(28(29)36)17-23-19-35(32-30-23)27-5-3-4-22-16-21(8-11-25(22)27)18-34-14-12-33(2)13-15-34/h6-11,16,19,26-27,31H,3-5,12-15,17-18H2,1-2H3,(H2,29,36)/t26-,27-/m1/s1. The van der Waals surface area contributed by atoms with Gasteiger partial charge in [-0.15, -0.1) is 5.10 Å². The van der Waals surface area contributed by atoms with Gasteiger partial charge in [0, 0.05) is 45.3 Å². The number of fused-ring (bicyclic) bond motifs is 1. The van der Waals surface area contributed by atoms with Crippen molar-refractivity contribution in [1.29, 1.82) is 0 Å². The molecule has 11 heteroatoms. The number of piperazine rings is 1. The number of nitrogens with two attached hydrogens (primary N) is 1. The van der Waals surface area contributed by atoms with E-state index in [1.54, 1.807) is 18.3 Å². The van der Waals surface area contributed by atoms with Gasteiger partial charge in [0.15, 0.2) is 0 Å². The first kappa shape index (κ1) is 27.4. The maximum absolute atomic E-state index is 12.8. The number of aryl methyl sites for hydroxylation is 2. The molecule has 3 aromatic rings. The Balaban J connectivity index is 1.28. The largest absolute Gasteiger partial charge is 0.368 e. The van der Waals surface area contributed by atoms with E-state index in [1.165, 1.54) is 28.8 Å². The lowest BCUT2D eigenvalue weighted by atomic mass is 9.86. The van der Waals surface area contributed by atoms with Crippen molar-refractivity contribution in [3.05, 3.63) is 76.6 Å². The number of sulfonamides is 1. The van der Waals surface area contributed by atoms with Crippen molar-refractivity contribution in [2.75, 3.05) is 33.2 Å². The summed E-state index contributed by atoms with van der Waals surface area (Å²) in [4.78, 5) is 17.1. The van der Waals surface area contributed by atoms with Crippen LogP contribution in [0.5, 0.6) is 0 Å². The van der Waals surface area contributed by atoms with Crippen molar-refractivity contribution < 1.29 is 13.2 Å². The highest BCUT2D eigenvalue weighted by Crippen LogP contribution is 2.33. The molecule has 2 heterocycles. The zero-order valence-electron chi connectivity index (χ0n) is 22.6. The number of likely N-dealkylation sites (N-methyl/N-ethyl adjacent to an activating group) is 1. The molecule has 0 saturated carbocycles. The number of hydrogen-bond donors (Lipinski definition) is 2. The number of primary amides is 1. The summed E-state index contributed by atoms with van der Waals surface area (Å²) in [6, 6.07) is 12.1. The van der Waals surface area contributed by atoms with E-state index < -0.39 is 22.0 Å². The van der Waals surface area contributed by atoms with Crippen LogP contribution < -0.4 is 10.5 Å². The van der Waals surface area contributed by atoms with Gasteiger partial charge in [-0.2, -0.15) is 4.72 Å². The summed E-state index contributed by atoms with van der Waals surface area (Å²) in [6.07, 6.45) is 4.84. The molecule has 0 spiro atoms. The van der Waals surface area contributed by atoms with Crippen LogP contribution in [0.2, 0.25) is 0 Å². The Kier molecular flexibility index (Phi) is 8.13. The number of aromatic nitrogens is 3. The monoisotopic (exact) mass is 551 g/mol. The zero-order valence-corrected chi connectivity index (χ0v) is 23.4. The molecule has 1 aromatic heterocycles. The normalized spacial score (nSPS) is 19.5. The Labute approximate surface area is 230 Å². The topological polar surface area (TPSA) is 126 Å². The van der Waals surface area contributed by atoms with E-state index in [1.807, 2.05) is 11.6 Å². The molecule has 1 fully saturated rings. The van der Waals surface area contributed by atoms with Crippen LogP contribution in [0.25, 0.3) is 0 Å². The molecule has 10 nitrogen and oxygen atoms in total. The summed E-state index contributed by atoms with van der Waals surface area (Å²) in [5.41, 5.74) is 10.9. The molecule has 3 N–H and O–H groups in total. The molecule has 2 aliphatic rings. The predicted molar refractivity (Wildman–Crippen MR) is 149 cm³/mol. The molecule has 1 aliphatic heterocycles. The number of benzene rings is 2. The Morgan fingerprint density at radius 1 is 1.13 bits per heavy atom. The predicted octanol–water partition coefficient (Wildman–Crippen LogP) is 1.63. The summed E-state index contributed by atoms with van der Waals surface area (Å²) in [7, 11) is -1.75. The van der Waals surface area contributed by atoms with E-state index in [0.717, 1.165) is 57.5 Å². The van der Waals surface area contributed by atoms with Crippen molar-refractivity contribution >= 4 is 15.9 Å². The van der Waals surface area contributed by atoms with E-state index >= 15 is 0 Å². The van der Waals surface area contributed by atoms with Gasteiger partial charge in [0.2, 0.25) is 15.9 Å². The minimum Gasteiger partial charge on any atom is -0.368 e. The molecule has 5 rings (SSSR count). The minimum atomic E-state index is -3.92. The number of nitrogens with one attached hydrogen (secondary N) is 1. The van der Waals surface area contributed by atoms with Gasteiger partial charge < -0.3 is 10.6 Å². The van der Waals surface area contributed by atoms with Gasteiger partial charge in [-0.3, -0.25) is 9.69 Å². The van der Waals surface area contributed by atoms with E-state index in [-0.39, 0.29) is 17.4 Å². The molecule has 1 aliphatic carbocycles. The second-order valence-corrected chi connectivity index (χ2v) is 12.5. The average Bonchev–Trinajstić information content (AvgIpc) is 3.37. The lowest BCUT2D eigenvalue weighted by Crippen LogP contribution is -2.45. The van der Waals surface area contributed by atoms with Crippen LogP contribution in [0.1, 0.15) is 46.8 Å². The Bertz CT molecular complexity index is 1410. The summed E-state index contributed by atoms with van der Waals surface area (Å²) >= 11 is 0. The van der Waals surface area contributed by atoms with Crippen molar-refractivity contribution in [1.82, 2.24) is 29.5 Å². The number of amides is 1. The van der Waals surface area contributed by atoms with E-state index in [2.05, 4.69) is 50.1 Å². The van der Waals surface area contributed by atoms with Crippen molar-refractivity contribution in [3.8, 4) is 0 Å². The van der Waals surface area contributed by atoms with Gasteiger partial charge in [-0.25, -0.2) is 13.1 Å². The summed E-state index contributed by atoms with van der Waals surface area (Å²) in [6.45, 7) is 7.22. The molecule has 2 atom stereocenters. The number of rotatable bonds is 9. The highest BCUT2D eigenvalue weighted by molar-refractivity contribution is 7.89. The third kappa shape index (κ3) is 6.55. The second-order valence-electron chi connectivity index (χ2n) is 10.8. The van der Waals surface area contributed by atoms with Crippen LogP contribution in [0, 0.1) is 6.92 Å². The SMILES string of the molecule is Cc1ccc(S(=O)(=O)N[C@H](Cc2cn([C@@H]3CCCc4cc(CN5CCN(C)CC5)ccc43)nn2)C(N)=O)cc1. The lowest BCUT2D eigenvalue weighted by Gasteiger charge is -2.33. The van der Waals surface area contributed by atoms with E-state index in [0.29, 0.717) is 5.69 Å². The zero-order chi connectivity index (χ0) is 27.6. The maximum atomic E-state index is 12.8. The first-order valence-corrected chi connectivity index (χ1v) is 15.0. The van der Waals surface area contributed by atoms with Crippen LogP contribution in [0.3, 0.4) is 0 Å². The Morgan fingerprint density at radius 2 is 1.87 bits per heavy atom. The molecular formula is C28H37N7O3S. The van der Waals surface area contributed by atoms with Crippen LogP contribution in [-0.4, -0.2) is 78.4 Å². The van der Waals surface area contributed by atoms with Gasteiger partial charge in [0.1, 0.15) is 6.04 Å². The summed E-state index contributed by atoms with van der Waals surface area (Å²) in [5, 5.41) is 8.62. The molecule has 0 unspecified atom stereocenters. The molecule has 0 bridgehead atoms. The number of nitrogens with zero attached hydrogens (tertiary/aromatic N) is 5. The Morgan fingerprint density at radius 3 is 2.59 bits per heavy atom. The quantitative estimate of drug-likeness (QED) is 0.414. The minimum absolute atomic E-state index is 0.0178. The number of hydrogen-bond acceptors (Lipinski definition) is 7. The fourth-order valence-corrected chi connectivity index (χ4v) is 6.63. The van der Waals surface area contributed by atoms with Crippen LogP contribution in [-0.2, 0) is 34.2 Å². The van der Waals surface area contributed by atoms with Crippen molar-refractivity contribution in [3.63, 3.8) is 0 Å². The highest BCUT2D eigenvalue weighted by Gasteiger charge is 2.27. The van der Waals surface area contributed by atoms with Gasteiger partial charge in [-0.1, -0.05) is 41.1 Å². The fourth-order valence-electron chi connectivity index (χ4n) is 5.42. The molecule has 1 saturated heterocycles. The van der Waals surface area contributed by atoms with Gasteiger partial charge in [0.05, 0.1) is 16.6 Å². The van der Waals surface area contributed by atoms with Crippen LogP contribution in [0.4, 0.5) is 0 Å². The fraction of sp³-hybridized carbons (Fsp3) is 0.464. The van der Waals surface area contributed by atoms with Gasteiger partial charge in [-0.05, 0) is 62.1 Å². The average molecular weight is 552 g/mol. The van der Waals surface area contributed by atoms with Crippen molar-refractivity contribution in [2.45, 2.75) is 56.1 Å². The molecule has 2 aromatic carbocycles. The molecule has 208 valence electrons. The van der Waals surface area contributed by atoms with Gasteiger partial charge in [0.25, 0.3) is 0 Å². The first-order chi connectivity index (χ1) is 18.7. The lowest BCUT2D eigenvalue weighted by molar-refractivity contribution is -0.119. The third-order valence-electron chi connectivity index (χ3n) is 7.75. The maximum Gasteiger partial charge on any atom is 0.241 e. The van der Waals surface area contributed by atoms with E-state index in [9.17, 15) is 13.2 Å². The molecule has 39 heavy (non-hydrogen) atoms. The summed E-state index contributed by atoms with van der Waals surface area (Å²) < 4.78 is 30.0. The van der Waals surface area contributed by atoms with Crippen LogP contribution >= 0.6 is 0 Å². The molecular weight excluding hydrogens is 514 g/mol. The van der Waals surface area contributed by atoms with Gasteiger partial charge >= 0.3 is 0 Å². The summed E-state index contributed by atoms with van der Waals surface area (Å²) in [5.74, 6) is -0.767. The van der Waals surface area contributed by atoms with E-state index in [4.69, 9.17) is 5.73 Å². The molecule has 1 amide bonds. The van der Waals surface area contributed by atoms with Crippen LogP contribution in [0.15, 0.2) is 53.6 Å². The second kappa shape index (κ2) is 11.5.